The summed E-state index contributed by atoms with van der Waals surface area (Å²) in [6.45, 7) is 2.86. The molecule has 0 atom stereocenters. The average molecular weight is 300 g/mol. The Morgan fingerprint density at radius 2 is 2.14 bits per heavy atom. The number of nitrogens with zero attached hydrogens (tertiary/aromatic N) is 2. The van der Waals surface area contributed by atoms with Crippen molar-refractivity contribution in [2.45, 2.75) is 19.9 Å². The van der Waals surface area contributed by atoms with Gasteiger partial charge in [-0.2, -0.15) is 0 Å². The Bertz CT molecular complexity index is 789. The molecule has 0 aliphatic carbocycles. The molecule has 2 aromatic heterocycles. The Kier molecular flexibility index (Phi) is 3.75. The van der Waals surface area contributed by atoms with E-state index < -0.39 is 0 Å². The Morgan fingerprint density at radius 1 is 1.33 bits per heavy atom. The van der Waals surface area contributed by atoms with Crippen molar-refractivity contribution in [1.82, 2.24) is 9.55 Å². The molecule has 3 rings (SSSR count). The second-order valence-electron chi connectivity index (χ2n) is 4.68. The topological polar surface area (TPSA) is 44.1 Å². The van der Waals surface area contributed by atoms with Crippen LogP contribution >= 0.6 is 11.3 Å². The van der Waals surface area contributed by atoms with Gasteiger partial charge in [-0.25, -0.2) is 4.98 Å². The normalized spacial score (nSPS) is 11.0. The summed E-state index contributed by atoms with van der Waals surface area (Å²) < 4.78 is 7.31. The van der Waals surface area contributed by atoms with E-state index in [-0.39, 0.29) is 5.78 Å². The van der Waals surface area contributed by atoms with Gasteiger partial charge in [-0.3, -0.25) is 4.79 Å². The van der Waals surface area contributed by atoms with Crippen LogP contribution in [0.5, 0.6) is 5.75 Å². The highest BCUT2D eigenvalue weighted by Gasteiger charge is 2.18. The number of Topliss-reactive ketones (excluding diaryl/α,β-unsaturated/α-hetero) is 1. The van der Waals surface area contributed by atoms with Crippen LogP contribution in [0.2, 0.25) is 0 Å². The number of imidazole rings is 1. The number of carbonyl (C=O) groups is 1. The summed E-state index contributed by atoms with van der Waals surface area (Å²) in [7, 11) is 1.58. The zero-order valence-electron chi connectivity index (χ0n) is 12.0. The van der Waals surface area contributed by atoms with Crippen molar-refractivity contribution < 1.29 is 9.53 Å². The molecule has 108 valence electrons. The van der Waals surface area contributed by atoms with Crippen LogP contribution in [0, 0.1) is 0 Å². The molecule has 0 amide bonds. The quantitative estimate of drug-likeness (QED) is 0.677. The van der Waals surface area contributed by atoms with E-state index in [9.17, 15) is 4.79 Å². The SMILES string of the molecule is CCn1c(CC(=O)c2sccc2OC)nc2ccccc21. The van der Waals surface area contributed by atoms with E-state index >= 15 is 0 Å². The van der Waals surface area contributed by atoms with Crippen LogP contribution in [-0.2, 0) is 13.0 Å². The van der Waals surface area contributed by atoms with Gasteiger partial charge >= 0.3 is 0 Å². The lowest BCUT2D eigenvalue weighted by molar-refractivity contribution is 0.0991. The Labute approximate surface area is 127 Å². The van der Waals surface area contributed by atoms with Gasteiger partial charge < -0.3 is 9.30 Å². The first-order valence-electron chi connectivity index (χ1n) is 6.83. The fraction of sp³-hybridized carbons (Fsp3) is 0.250. The second kappa shape index (κ2) is 5.69. The average Bonchev–Trinajstić information content (AvgIpc) is 3.10. The molecule has 0 spiro atoms. The van der Waals surface area contributed by atoms with Crippen molar-refractivity contribution in [3.05, 3.63) is 46.4 Å². The van der Waals surface area contributed by atoms with E-state index in [0.29, 0.717) is 17.0 Å². The lowest BCUT2D eigenvalue weighted by atomic mass is 10.2. The third kappa shape index (κ3) is 2.45. The highest BCUT2D eigenvalue weighted by atomic mass is 32.1. The number of hydrogen-bond donors (Lipinski definition) is 0. The van der Waals surface area contributed by atoms with Crippen molar-refractivity contribution in [3.8, 4) is 5.75 Å². The molecule has 0 saturated carbocycles. The predicted octanol–water partition coefficient (Wildman–Crippen LogP) is 3.55. The van der Waals surface area contributed by atoms with E-state index in [1.165, 1.54) is 11.3 Å². The molecule has 0 fully saturated rings. The van der Waals surface area contributed by atoms with Gasteiger partial charge in [-0.1, -0.05) is 12.1 Å². The monoisotopic (exact) mass is 300 g/mol. The number of para-hydroxylation sites is 2. The molecule has 0 aliphatic rings. The maximum Gasteiger partial charge on any atom is 0.184 e. The summed E-state index contributed by atoms with van der Waals surface area (Å²) in [6.07, 6.45) is 0.291. The van der Waals surface area contributed by atoms with E-state index in [4.69, 9.17) is 4.74 Å². The van der Waals surface area contributed by atoms with E-state index in [0.717, 1.165) is 23.4 Å². The van der Waals surface area contributed by atoms with Gasteiger partial charge in [0.05, 0.1) is 24.6 Å². The van der Waals surface area contributed by atoms with Crippen molar-refractivity contribution in [2.24, 2.45) is 0 Å². The summed E-state index contributed by atoms with van der Waals surface area (Å²) in [5, 5.41) is 1.87. The summed E-state index contributed by atoms with van der Waals surface area (Å²) in [5.74, 6) is 1.50. The number of hydrogen-bond acceptors (Lipinski definition) is 4. The van der Waals surface area contributed by atoms with Gasteiger partial charge in [-0.05, 0) is 30.5 Å². The lowest BCUT2D eigenvalue weighted by Crippen LogP contribution is -2.09. The summed E-state index contributed by atoms with van der Waals surface area (Å²) in [5.41, 5.74) is 2.00. The van der Waals surface area contributed by atoms with Crippen LogP contribution in [-0.4, -0.2) is 22.4 Å². The minimum atomic E-state index is 0.0480. The van der Waals surface area contributed by atoms with Crippen LogP contribution in [0.25, 0.3) is 11.0 Å². The summed E-state index contributed by atoms with van der Waals surface area (Å²) >= 11 is 1.41. The number of rotatable bonds is 5. The van der Waals surface area contributed by atoms with Gasteiger partial charge in [0.15, 0.2) is 5.78 Å². The van der Waals surface area contributed by atoms with E-state index in [2.05, 4.69) is 16.5 Å². The molecule has 2 heterocycles. The largest absolute Gasteiger partial charge is 0.495 e. The molecule has 1 aromatic carbocycles. The highest BCUT2D eigenvalue weighted by Crippen LogP contribution is 2.26. The fourth-order valence-electron chi connectivity index (χ4n) is 2.50. The van der Waals surface area contributed by atoms with E-state index in [1.54, 1.807) is 7.11 Å². The minimum absolute atomic E-state index is 0.0480. The number of benzene rings is 1. The van der Waals surface area contributed by atoms with Gasteiger partial charge in [-0.15, -0.1) is 11.3 Å². The number of aromatic nitrogens is 2. The Balaban J connectivity index is 1.96. The maximum absolute atomic E-state index is 12.5. The highest BCUT2D eigenvalue weighted by molar-refractivity contribution is 7.12. The van der Waals surface area contributed by atoms with Gasteiger partial charge in [0.25, 0.3) is 0 Å². The third-order valence-electron chi connectivity index (χ3n) is 3.47. The molecule has 0 radical (unpaired) electrons. The number of aryl methyl sites for hydroxylation is 1. The Hall–Kier alpha value is -2.14. The first-order valence-corrected chi connectivity index (χ1v) is 7.71. The molecule has 0 aliphatic heterocycles. The fourth-order valence-corrected chi connectivity index (χ4v) is 3.30. The number of fused-ring (bicyclic) bond motifs is 1. The molecule has 0 N–H and O–H groups in total. The molecular weight excluding hydrogens is 284 g/mol. The van der Waals surface area contributed by atoms with Crippen LogP contribution in [0.3, 0.4) is 0 Å². The molecule has 0 unspecified atom stereocenters. The molecule has 0 saturated heterocycles. The molecular formula is C16H16N2O2S. The zero-order valence-corrected chi connectivity index (χ0v) is 12.8. The van der Waals surface area contributed by atoms with Crippen molar-refractivity contribution >= 4 is 28.2 Å². The molecule has 5 heteroatoms. The number of carbonyl (C=O) groups excluding carboxylic acids is 1. The molecule has 0 bridgehead atoms. The van der Waals surface area contributed by atoms with Gasteiger partial charge in [0.1, 0.15) is 16.5 Å². The summed E-state index contributed by atoms with van der Waals surface area (Å²) in [4.78, 5) is 17.7. The van der Waals surface area contributed by atoms with Gasteiger partial charge in [0, 0.05) is 6.54 Å². The molecule has 3 aromatic rings. The molecule has 4 nitrogen and oxygen atoms in total. The van der Waals surface area contributed by atoms with Crippen LogP contribution in [0.4, 0.5) is 0 Å². The Morgan fingerprint density at radius 3 is 2.90 bits per heavy atom. The van der Waals surface area contributed by atoms with Crippen molar-refractivity contribution in [2.75, 3.05) is 7.11 Å². The number of ketones is 1. The number of ether oxygens (including phenoxy) is 1. The maximum atomic E-state index is 12.5. The van der Waals surface area contributed by atoms with E-state index in [1.807, 2.05) is 35.7 Å². The zero-order chi connectivity index (χ0) is 14.8. The summed E-state index contributed by atoms with van der Waals surface area (Å²) in [6, 6.07) is 9.78. The van der Waals surface area contributed by atoms with Gasteiger partial charge in [0.2, 0.25) is 0 Å². The molecule has 21 heavy (non-hydrogen) atoms. The lowest BCUT2D eigenvalue weighted by Gasteiger charge is -2.05. The van der Waals surface area contributed by atoms with Crippen LogP contribution < -0.4 is 4.74 Å². The van der Waals surface area contributed by atoms with Crippen LogP contribution in [0.1, 0.15) is 22.4 Å². The van der Waals surface area contributed by atoms with Crippen molar-refractivity contribution in [3.63, 3.8) is 0 Å². The standard InChI is InChI=1S/C16H16N2O2S/c1-3-18-12-7-5-4-6-11(12)17-15(18)10-13(19)16-14(20-2)8-9-21-16/h4-9H,3,10H2,1-2H3. The van der Waals surface area contributed by atoms with Crippen molar-refractivity contribution in [1.29, 1.82) is 0 Å². The first-order chi connectivity index (χ1) is 10.2. The third-order valence-corrected chi connectivity index (χ3v) is 4.41. The minimum Gasteiger partial charge on any atom is -0.495 e. The number of methoxy groups -OCH3 is 1. The predicted molar refractivity (Wildman–Crippen MR) is 84.3 cm³/mol. The smallest absolute Gasteiger partial charge is 0.184 e. The number of thiophene rings is 1. The second-order valence-corrected chi connectivity index (χ2v) is 5.60. The van der Waals surface area contributed by atoms with Crippen LogP contribution in [0.15, 0.2) is 35.7 Å². The first kappa shape index (κ1) is 13.8.